The fourth-order valence-electron chi connectivity index (χ4n) is 4.56. The number of likely N-dealkylation sites (N-methyl/N-ethyl adjacent to an activating group) is 1. The third kappa shape index (κ3) is 12.0. The van der Waals surface area contributed by atoms with Crippen molar-refractivity contribution >= 4 is 33.3 Å². The number of hydrogen-bond acceptors (Lipinski definition) is 10. The van der Waals surface area contributed by atoms with Crippen molar-refractivity contribution in [1.29, 1.82) is 0 Å². The molecule has 4 atom stereocenters. The van der Waals surface area contributed by atoms with Gasteiger partial charge in [-0.25, -0.2) is 0 Å². The van der Waals surface area contributed by atoms with Gasteiger partial charge >= 0.3 is 13.6 Å². The number of carbonyl (C=O) groups is 3. The van der Waals surface area contributed by atoms with E-state index in [9.17, 15) is 28.6 Å². The molecular formula is C26H44N2O10P2V. The number of carbonyl (C=O) groups excluding carboxylic acids is 2. The number of hydrogen-bond donors (Lipinski definition) is 2. The molecule has 1 fully saturated rings. The van der Waals surface area contributed by atoms with Crippen molar-refractivity contribution in [3.63, 3.8) is 0 Å². The smallest absolute Gasteiger partial charge is 0.340 e. The maximum absolute atomic E-state index is 12.7. The normalized spacial score (nSPS) is 19.8. The number of carboxylic acids is 1. The Balaban J connectivity index is 0.000000865. The molecule has 1 aromatic rings. The van der Waals surface area contributed by atoms with Crippen LogP contribution in [-0.2, 0) is 61.1 Å². The van der Waals surface area contributed by atoms with E-state index in [1.807, 2.05) is 19.9 Å². The van der Waals surface area contributed by atoms with E-state index in [1.54, 1.807) is 46.0 Å². The largest absolute Gasteiger partial charge is 0.481 e. The summed E-state index contributed by atoms with van der Waals surface area (Å²) < 4.78 is 43.9. The monoisotopic (exact) mass is 657 g/mol. The molecule has 0 bridgehead atoms. The van der Waals surface area contributed by atoms with E-state index < -0.39 is 38.3 Å². The minimum atomic E-state index is -3.26. The Hall–Kier alpha value is -1.49. The van der Waals surface area contributed by atoms with E-state index in [0.29, 0.717) is 25.2 Å². The van der Waals surface area contributed by atoms with Gasteiger partial charge in [0.05, 0.1) is 31.8 Å². The molecule has 2 rings (SSSR count). The summed E-state index contributed by atoms with van der Waals surface area (Å²) in [6, 6.07) is 6.21. The van der Waals surface area contributed by atoms with Crippen LogP contribution in [0.4, 0.5) is 0 Å². The van der Waals surface area contributed by atoms with Gasteiger partial charge in [0, 0.05) is 55.7 Å². The minimum Gasteiger partial charge on any atom is -0.481 e. The molecular weight excluding hydrogens is 613 g/mol. The first-order valence-electron chi connectivity index (χ1n) is 13.1. The molecule has 15 heteroatoms. The zero-order chi connectivity index (χ0) is 30.7. The number of para-hydroxylation sites is 1. The summed E-state index contributed by atoms with van der Waals surface area (Å²) in [5.41, 5.74) is 6.05. The van der Waals surface area contributed by atoms with Crippen LogP contribution in [0.2, 0.25) is 0 Å². The van der Waals surface area contributed by atoms with Gasteiger partial charge in [-0.2, -0.15) is 0 Å². The fourth-order valence-corrected chi connectivity index (χ4v) is 9.47. The second kappa shape index (κ2) is 17.6. The van der Waals surface area contributed by atoms with Crippen LogP contribution in [0.1, 0.15) is 53.0 Å². The summed E-state index contributed by atoms with van der Waals surface area (Å²) in [5.74, 6) is -1.51. The fraction of sp³-hybridized carbons (Fsp3) is 0.654. The average molecular weight is 658 g/mol. The molecule has 1 aromatic carbocycles. The van der Waals surface area contributed by atoms with Crippen molar-refractivity contribution in [1.82, 2.24) is 4.90 Å². The molecule has 1 amide bonds. The van der Waals surface area contributed by atoms with Crippen LogP contribution in [0.25, 0.3) is 0 Å². The number of carboxylic acid groups (broad SMARTS) is 1. The molecule has 1 saturated carbocycles. The Labute approximate surface area is 254 Å². The minimum absolute atomic E-state index is 0. The third-order valence-electron chi connectivity index (χ3n) is 6.40. The van der Waals surface area contributed by atoms with E-state index >= 15 is 0 Å². The van der Waals surface area contributed by atoms with E-state index in [4.69, 9.17) is 24.0 Å². The Morgan fingerprint density at radius 3 is 2.10 bits per heavy atom. The summed E-state index contributed by atoms with van der Waals surface area (Å²) in [6.07, 6.45) is 0.509. The molecule has 233 valence electrons. The van der Waals surface area contributed by atoms with Crippen LogP contribution < -0.4 is 10.5 Å². The van der Waals surface area contributed by atoms with Crippen LogP contribution in [0.3, 0.4) is 0 Å². The van der Waals surface area contributed by atoms with Gasteiger partial charge in [0.25, 0.3) is 6.47 Å². The summed E-state index contributed by atoms with van der Waals surface area (Å²) in [6.45, 7) is 11.6. The van der Waals surface area contributed by atoms with Crippen molar-refractivity contribution in [3.05, 3.63) is 29.8 Å². The van der Waals surface area contributed by atoms with Gasteiger partial charge in [0.1, 0.15) is 11.7 Å². The summed E-state index contributed by atoms with van der Waals surface area (Å²) in [7, 11) is -4.56. The standard InChI is InChI=1S/C18H24N2O5.C8H20O5P2.V/c1-18(2,12-6-4-5-7-14(12)25-10-21)9-15(22)20(3)16-11(17(23)24)8-13(16)19;1-5-11-14(4,9)8-15(10,12-6-2)13-7-3;/h4-7,10-11,13,16H,8-9,19H2,1-3H3,(H,23,24);5-8H2,1-4H3;. The molecule has 12 nitrogen and oxygen atoms in total. The van der Waals surface area contributed by atoms with Crippen molar-refractivity contribution in [2.45, 2.75) is 65.0 Å². The Morgan fingerprint density at radius 2 is 1.63 bits per heavy atom. The van der Waals surface area contributed by atoms with Gasteiger partial charge < -0.3 is 34.0 Å². The predicted octanol–water partition coefficient (Wildman–Crippen LogP) is 4.30. The summed E-state index contributed by atoms with van der Waals surface area (Å²) in [4.78, 5) is 36.1. The van der Waals surface area contributed by atoms with Gasteiger partial charge in [-0.15, -0.1) is 0 Å². The first-order valence-corrected chi connectivity index (χ1v) is 17.1. The molecule has 0 heterocycles. The van der Waals surface area contributed by atoms with E-state index in [1.165, 1.54) is 11.6 Å². The molecule has 4 unspecified atom stereocenters. The molecule has 3 N–H and O–H groups in total. The van der Waals surface area contributed by atoms with Crippen molar-refractivity contribution < 1.29 is 65.5 Å². The molecule has 1 radical (unpaired) electrons. The first-order chi connectivity index (χ1) is 18.6. The topological polar surface area (TPSA) is 172 Å². The zero-order valence-corrected chi connectivity index (χ0v) is 28.0. The van der Waals surface area contributed by atoms with E-state index in [0.717, 1.165) is 5.56 Å². The maximum atomic E-state index is 12.7. The molecule has 41 heavy (non-hydrogen) atoms. The van der Waals surface area contributed by atoms with E-state index in [-0.39, 0.29) is 56.0 Å². The molecule has 0 aromatic heterocycles. The average Bonchev–Trinajstić information content (AvgIpc) is 2.82. The molecule has 1 aliphatic carbocycles. The number of aliphatic carboxylic acids is 1. The molecule has 0 spiro atoms. The quantitative estimate of drug-likeness (QED) is 0.204. The number of benzene rings is 1. The number of rotatable bonds is 15. The first kappa shape index (κ1) is 39.5. The van der Waals surface area contributed by atoms with Crippen molar-refractivity contribution in [2.75, 3.05) is 39.4 Å². The molecule has 0 saturated heterocycles. The Bertz CT molecular complexity index is 1090. The summed E-state index contributed by atoms with van der Waals surface area (Å²) in [5, 5.41) is 9.22. The predicted molar refractivity (Wildman–Crippen MR) is 152 cm³/mol. The number of amides is 1. The van der Waals surface area contributed by atoms with Crippen LogP contribution in [0, 0.1) is 5.92 Å². The van der Waals surface area contributed by atoms with Crippen molar-refractivity contribution in [2.24, 2.45) is 11.7 Å². The maximum Gasteiger partial charge on any atom is 0.340 e. The van der Waals surface area contributed by atoms with Gasteiger partial charge in [0.2, 0.25) is 13.3 Å². The second-order valence-electron chi connectivity index (χ2n) is 10.1. The van der Waals surface area contributed by atoms with Gasteiger partial charge in [0.15, 0.2) is 0 Å². The van der Waals surface area contributed by atoms with Crippen LogP contribution >= 0.6 is 15.0 Å². The van der Waals surface area contributed by atoms with Gasteiger partial charge in [-0.3, -0.25) is 23.5 Å². The number of nitrogens with zero attached hydrogens (tertiary/aromatic N) is 1. The van der Waals surface area contributed by atoms with Crippen molar-refractivity contribution in [3.8, 4) is 5.75 Å². The molecule has 1 aliphatic rings. The van der Waals surface area contributed by atoms with Crippen LogP contribution in [0.5, 0.6) is 5.75 Å². The SMILES string of the molecule is CCOP(C)(=O)CP(=O)(OCC)OCC.CN(C(=O)CC(C)(C)c1ccccc1OC=O)C1C(N)CC1C(=O)O.[V]. The van der Waals surface area contributed by atoms with Gasteiger partial charge in [-0.05, 0) is 33.3 Å². The Morgan fingerprint density at radius 1 is 1.10 bits per heavy atom. The van der Waals surface area contributed by atoms with Gasteiger partial charge in [-0.1, -0.05) is 32.0 Å². The van der Waals surface area contributed by atoms with E-state index in [2.05, 4.69) is 0 Å². The second-order valence-corrected chi connectivity index (χ2v) is 15.3. The van der Waals surface area contributed by atoms with Crippen LogP contribution in [0.15, 0.2) is 24.3 Å². The zero-order valence-electron chi connectivity index (χ0n) is 24.8. The Kier molecular flexibility index (Phi) is 17.0. The number of nitrogens with two attached hydrogens (primary N) is 1. The number of ether oxygens (including phenoxy) is 1. The molecule has 0 aliphatic heterocycles. The van der Waals surface area contributed by atoms with Crippen LogP contribution in [-0.4, -0.2) is 79.9 Å². The summed E-state index contributed by atoms with van der Waals surface area (Å²) >= 11 is 0. The third-order valence-corrected chi connectivity index (χ3v) is 12.0.